The van der Waals surface area contributed by atoms with E-state index in [2.05, 4.69) is 65.8 Å². The lowest BCUT2D eigenvalue weighted by atomic mass is 9.98. The molecule has 0 fully saturated rings. The van der Waals surface area contributed by atoms with Gasteiger partial charge in [-0.3, -0.25) is 9.78 Å². The molecule has 5 rings (SSSR count). The predicted octanol–water partition coefficient (Wildman–Crippen LogP) is 5.81. The molecule has 0 bridgehead atoms. The Balaban J connectivity index is 1.49. The molecule has 6 nitrogen and oxygen atoms in total. The van der Waals surface area contributed by atoms with Crippen molar-refractivity contribution in [1.29, 1.82) is 0 Å². The van der Waals surface area contributed by atoms with E-state index in [0.717, 1.165) is 34.0 Å². The molecule has 2 heterocycles. The first kappa shape index (κ1) is 24.1. The van der Waals surface area contributed by atoms with E-state index in [1.807, 2.05) is 36.4 Å². The summed E-state index contributed by atoms with van der Waals surface area (Å²) < 4.78 is 0. The first-order valence-electron chi connectivity index (χ1n) is 12.4. The van der Waals surface area contributed by atoms with Crippen LogP contribution in [-0.4, -0.2) is 27.4 Å². The quantitative estimate of drug-likeness (QED) is 0.273. The Morgan fingerprint density at radius 2 is 1.70 bits per heavy atom. The number of nitrogens with one attached hydrogen (secondary N) is 1. The lowest BCUT2D eigenvalue weighted by Gasteiger charge is -2.17. The van der Waals surface area contributed by atoms with Crippen molar-refractivity contribution in [3.8, 4) is 22.5 Å². The largest absolute Gasteiger partial charge is 0.369 e. The Morgan fingerprint density at radius 3 is 2.46 bits per heavy atom. The summed E-state index contributed by atoms with van der Waals surface area (Å²) in [5.41, 5.74) is 12.0. The summed E-state index contributed by atoms with van der Waals surface area (Å²) in [6.45, 7) is 2.47. The van der Waals surface area contributed by atoms with E-state index < -0.39 is 0 Å². The molecular weight excluding hydrogens is 458 g/mol. The second kappa shape index (κ2) is 11.0. The monoisotopic (exact) mass is 487 g/mol. The third kappa shape index (κ3) is 5.81. The van der Waals surface area contributed by atoms with Crippen LogP contribution in [0, 0.1) is 12.8 Å². The van der Waals surface area contributed by atoms with E-state index >= 15 is 0 Å². The number of aromatic nitrogens is 3. The third-order valence-electron chi connectivity index (χ3n) is 6.51. The molecule has 2 aromatic heterocycles. The Morgan fingerprint density at radius 1 is 0.892 bits per heavy atom. The third-order valence-corrected chi connectivity index (χ3v) is 6.51. The minimum atomic E-state index is -0.341. The number of pyridine rings is 1. The molecule has 5 aromatic rings. The van der Waals surface area contributed by atoms with Gasteiger partial charge in [0.1, 0.15) is 5.82 Å². The summed E-state index contributed by atoms with van der Waals surface area (Å²) in [5.74, 6) is 0.581. The molecular formula is C31H29N5O. The number of fused-ring (bicyclic) bond motifs is 1. The molecule has 1 amide bonds. The number of aryl methyl sites for hydroxylation is 2. The number of primary amides is 1. The van der Waals surface area contributed by atoms with Crippen molar-refractivity contribution in [1.82, 2.24) is 15.0 Å². The summed E-state index contributed by atoms with van der Waals surface area (Å²) >= 11 is 0. The predicted molar refractivity (Wildman–Crippen MR) is 149 cm³/mol. The van der Waals surface area contributed by atoms with Gasteiger partial charge in [0, 0.05) is 29.9 Å². The summed E-state index contributed by atoms with van der Waals surface area (Å²) in [6, 6.07) is 28.5. The van der Waals surface area contributed by atoms with Crippen LogP contribution in [0.2, 0.25) is 0 Å². The lowest BCUT2D eigenvalue weighted by Crippen LogP contribution is -2.30. The minimum Gasteiger partial charge on any atom is -0.369 e. The molecule has 0 radical (unpaired) electrons. The van der Waals surface area contributed by atoms with Crippen LogP contribution in [0.5, 0.6) is 0 Å². The van der Waals surface area contributed by atoms with Crippen molar-refractivity contribution in [2.24, 2.45) is 11.7 Å². The zero-order chi connectivity index (χ0) is 25.6. The van der Waals surface area contributed by atoms with Crippen LogP contribution in [0.1, 0.15) is 17.5 Å². The van der Waals surface area contributed by atoms with Crippen molar-refractivity contribution < 1.29 is 4.79 Å². The number of anilines is 1. The lowest BCUT2D eigenvalue weighted by molar-refractivity contribution is -0.121. The number of carbonyl (C=O) groups is 1. The van der Waals surface area contributed by atoms with E-state index in [9.17, 15) is 4.79 Å². The number of nitrogens with two attached hydrogens (primary N) is 1. The maximum atomic E-state index is 12.3. The van der Waals surface area contributed by atoms with E-state index in [1.54, 1.807) is 12.4 Å². The summed E-state index contributed by atoms with van der Waals surface area (Å²) in [7, 11) is 0. The number of rotatable bonds is 9. The maximum absolute atomic E-state index is 12.3. The summed E-state index contributed by atoms with van der Waals surface area (Å²) in [4.78, 5) is 26.2. The van der Waals surface area contributed by atoms with Gasteiger partial charge in [-0.05, 0) is 60.7 Å². The zero-order valence-corrected chi connectivity index (χ0v) is 20.8. The second-order valence-electron chi connectivity index (χ2n) is 9.24. The highest BCUT2D eigenvalue weighted by Crippen LogP contribution is 2.30. The maximum Gasteiger partial charge on any atom is 0.222 e. The Kier molecular flexibility index (Phi) is 7.17. The molecule has 0 aliphatic rings. The Bertz CT molecular complexity index is 1520. The van der Waals surface area contributed by atoms with Gasteiger partial charge in [0.25, 0.3) is 0 Å². The molecule has 1 atom stereocenters. The molecule has 3 N–H and O–H groups in total. The summed E-state index contributed by atoms with van der Waals surface area (Å²) in [6.07, 6.45) is 4.90. The fourth-order valence-corrected chi connectivity index (χ4v) is 4.44. The van der Waals surface area contributed by atoms with Crippen molar-refractivity contribution in [3.05, 3.63) is 108 Å². The SMILES string of the molecule is Cc1cccc(-c2ccc3nc(-c4cccnc4)nc(NCC(CCc4ccccc4)C(N)=O)c3c2)c1. The van der Waals surface area contributed by atoms with Gasteiger partial charge in [-0.25, -0.2) is 9.97 Å². The molecule has 184 valence electrons. The number of nitrogens with zero attached hydrogens (tertiary/aromatic N) is 3. The topological polar surface area (TPSA) is 93.8 Å². The van der Waals surface area contributed by atoms with Gasteiger partial charge < -0.3 is 11.1 Å². The van der Waals surface area contributed by atoms with Crippen LogP contribution in [-0.2, 0) is 11.2 Å². The fourth-order valence-electron chi connectivity index (χ4n) is 4.44. The number of benzene rings is 3. The number of hydrogen-bond acceptors (Lipinski definition) is 5. The standard InChI is InChI=1S/C31H29N5O/c1-21-7-5-10-23(17-21)24-14-15-28-27(18-24)31(36-30(35-28)26-11-6-16-33-19-26)34-20-25(29(32)37)13-12-22-8-3-2-4-9-22/h2-11,14-19,25H,12-13,20H2,1H3,(H2,32,37)(H,34,35,36). The molecule has 0 aliphatic carbocycles. The van der Waals surface area contributed by atoms with Crippen molar-refractivity contribution in [2.45, 2.75) is 19.8 Å². The van der Waals surface area contributed by atoms with Gasteiger partial charge in [-0.15, -0.1) is 0 Å². The smallest absolute Gasteiger partial charge is 0.222 e. The van der Waals surface area contributed by atoms with Crippen LogP contribution in [0.3, 0.4) is 0 Å². The first-order valence-corrected chi connectivity index (χ1v) is 12.4. The Hall–Kier alpha value is -4.58. The van der Waals surface area contributed by atoms with Gasteiger partial charge in [-0.1, -0.05) is 66.2 Å². The van der Waals surface area contributed by atoms with E-state index in [1.165, 1.54) is 11.1 Å². The van der Waals surface area contributed by atoms with Crippen molar-refractivity contribution >= 4 is 22.6 Å². The fraction of sp³-hybridized carbons (Fsp3) is 0.161. The average molecular weight is 488 g/mol. The molecule has 0 saturated heterocycles. The van der Waals surface area contributed by atoms with Gasteiger partial charge in [0.05, 0.1) is 11.4 Å². The van der Waals surface area contributed by atoms with Gasteiger partial charge in [0.2, 0.25) is 5.91 Å². The highest BCUT2D eigenvalue weighted by molar-refractivity contribution is 5.94. The molecule has 0 saturated carbocycles. The minimum absolute atomic E-state index is 0.324. The molecule has 3 aromatic carbocycles. The number of hydrogen-bond donors (Lipinski definition) is 2. The van der Waals surface area contributed by atoms with Crippen LogP contribution in [0.4, 0.5) is 5.82 Å². The van der Waals surface area contributed by atoms with Gasteiger partial charge >= 0.3 is 0 Å². The highest BCUT2D eigenvalue weighted by atomic mass is 16.1. The van der Waals surface area contributed by atoms with Crippen LogP contribution >= 0.6 is 0 Å². The van der Waals surface area contributed by atoms with Crippen LogP contribution in [0.15, 0.2) is 97.3 Å². The van der Waals surface area contributed by atoms with Gasteiger partial charge in [-0.2, -0.15) is 0 Å². The Labute approximate surface area is 216 Å². The van der Waals surface area contributed by atoms with Gasteiger partial charge in [0.15, 0.2) is 5.82 Å². The number of amides is 1. The zero-order valence-electron chi connectivity index (χ0n) is 20.8. The number of carbonyl (C=O) groups excluding carboxylic acids is 1. The van der Waals surface area contributed by atoms with E-state index in [-0.39, 0.29) is 11.8 Å². The van der Waals surface area contributed by atoms with Crippen LogP contribution < -0.4 is 11.1 Å². The molecule has 0 aliphatic heterocycles. The first-order chi connectivity index (χ1) is 18.1. The molecule has 37 heavy (non-hydrogen) atoms. The van der Waals surface area contributed by atoms with Crippen molar-refractivity contribution in [2.75, 3.05) is 11.9 Å². The van der Waals surface area contributed by atoms with Crippen molar-refractivity contribution in [3.63, 3.8) is 0 Å². The van der Waals surface area contributed by atoms with E-state index in [0.29, 0.717) is 24.6 Å². The van der Waals surface area contributed by atoms with Crippen LogP contribution in [0.25, 0.3) is 33.4 Å². The second-order valence-corrected chi connectivity index (χ2v) is 9.24. The highest BCUT2D eigenvalue weighted by Gasteiger charge is 2.18. The van der Waals surface area contributed by atoms with E-state index in [4.69, 9.17) is 15.7 Å². The summed E-state index contributed by atoms with van der Waals surface area (Å²) in [5, 5.41) is 4.32. The molecule has 1 unspecified atom stereocenters. The average Bonchev–Trinajstić information content (AvgIpc) is 2.93. The molecule has 0 spiro atoms. The molecule has 6 heteroatoms. The normalized spacial score (nSPS) is 11.8.